The van der Waals surface area contributed by atoms with E-state index in [-0.39, 0.29) is 12.3 Å². The quantitative estimate of drug-likeness (QED) is 0.914. The minimum Gasteiger partial charge on any atom is -0.408 e. The smallest absolute Gasteiger partial charge is 0.408 e. The van der Waals surface area contributed by atoms with Gasteiger partial charge in [-0.05, 0) is 18.6 Å². The maximum absolute atomic E-state index is 11.7. The normalized spacial score (nSPS) is 10.8. The summed E-state index contributed by atoms with van der Waals surface area (Å²) in [5.41, 5.74) is 1.09. The number of amides is 1. The molecular weight excluding hydrogens is 268 g/mol. The van der Waals surface area contributed by atoms with Gasteiger partial charge in [-0.3, -0.25) is 9.36 Å². The number of aromatic nitrogens is 1. The van der Waals surface area contributed by atoms with E-state index < -0.39 is 5.76 Å². The Labute approximate surface area is 115 Å². The molecule has 6 heteroatoms. The number of nitrogens with one attached hydrogen (secondary N) is 1. The molecule has 0 spiro atoms. The summed E-state index contributed by atoms with van der Waals surface area (Å²) >= 11 is 5.83. The van der Waals surface area contributed by atoms with Gasteiger partial charge in [-0.1, -0.05) is 18.5 Å². The zero-order valence-corrected chi connectivity index (χ0v) is 11.4. The lowest BCUT2D eigenvalue weighted by Crippen LogP contribution is -2.26. The Balaban J connectivity index is 2.14. The molecule has 0 aliphatic carbocycles. The second-order valence-corrected chi connectivity index (χ2v) is 4.67. The van der Waals surface area contributed by atoms with Crippen LogP contribution >= 0.6 is 11.6 Å². The fourth-order valence-corrected chi connectivity index (χ4v) is 1.98. The van der Waals surface area contributed by atoms with Crippen molar-refractivity contribution in [1.82, 2.24) is 9.88 Å². The Bertz CT molecular complexity index is 645. The third-order valence-electron chi connectivity index (χ3n) is 2.76. The van der Waals surface area contributed by atoms with Crippen LogP contribution in [0.1, 0.15) is 19.8 Å². The molecule has 0 atom stereocenters. The molecule has 102 valence electrons. The molecule has 0 unspecified atom stereocenters. The number of aryl methyl sites for hydroxylation is 1. The van der Waals surface area contributed by atoms with Gasteiger partial charge in [0.25, 0.3) is 0 Å². The summed E-state index contributed by atoms with van der Waals surface area (Å²) in [7, 11) is 0. The molecule has 1 heterocycles. The highest BCUT2D eigenvalue weighted by atomic mass is 35.5. The van der Waals surface area contributed by atoms with Gasteiger partial charge in [0.2, 0.25) is 5.91 Å². The van der Waals surface area contributed by atoms with Crippen LogP contribution < -0.4 is 11.1 Å². The van der Waals surface area contributed by atoms with Crippen LogP contribution in [-0.4, -0.2) is 17.0 Å². The first-order valence-corrected chi connectivity index (χ1v) is 6.55. The van der Waals surface area contributed by atoms with E-state index in [1.165, 1.54) is 4.57 Å². The van der Waals surface area contributed by atoms with E-state index in [9.17, 15) is 9.59 Å². The zero-order chi connectivity index (χ0) is 13.8. The molecule has 2 rings (SSSR count). The highest BCUT2D eigenvalue weighted by Crippen LogP contribution is 2.18. The number of carbonyl (C=O) groups excluding carboxylic acids is 1. The predicted octanol–water partition coefficient (Wildman–Crippen LogP) is 2.16. The summed E-state index contributed by atoms with van der Waals surface area (Å²) in [6, 6.07) is 4.99. The van der Waals surface area contributed by atoms with Crippen molar-refractivity contribution in [1.29, 1.82) is 0 Å². The Hall–Kier alpha value is -1.75. The van der Waals surface area contributed by atoms with Crippen molar-refractivity contribution in [2.75, 3.05) is 6.54 Å². The van der Waals surface area contributed by atoms with Crippen molar-refractivity contribution in [2.24, 2.45) is 0 Å². The molecule has 19 heavy (non-hydrogen) atoms. The van der Waals surface area contributed by atoms with Gasteiger partial charge in [-0.15, -0.1) is 0 Å². The lowest BCUT2D eigenvalue weighted by atomic mass is 10.3. The van der Waals surface area contributed by atoms with Gasteiger partial charge in [0.05, 0.1) is 5.52 Å². The molecule has 0 fully saturated rings. The first kappa shape index (κ1) is 13.7. The Morgan fingerprint density at radius 2 is 2.26 bits per heavy atom. The highest BCUT2D eigenvalue weighted by Gasteiger charge is 2.10. The molecule has 0 saturated carbocycles. The van der Waals surface area contributed by atoms with Gasteiger partial charge < -0.3 is 9.73 Å². The van der Waals surface area contributed by atoms with Crippen molar-refractivity contribution >= 4 is 28.6 Å². The Morgan fingerprint density at radius 1 is 1.47 bits per heavy atom. The average Bonchev–Trinajstić information content (AvgIpc) is 2.68. The number of halogens is 1. The fraction of sp³-hybridized carbons (Fsp3) is 0.385. The van der Waals surface area contributed by atoms with E-state index in [2.05, 4.69) is 5.32 Å². The van der Waals surface area contributed by atoms with Crippen LogP contribution in [-0.2, 0) is 11.3 Å². The summed E-state index contributed by atoms with van der Waals surface area (Å²) in [6.45, 7) is 2.93. The maximum atomic E-state index is 11.7. The molecule has 1 aromatic carbocycles. The second-order valence-electron chi connectivity index (χ2n) is 4.23. The molecule has 1 amide bonds. The molecule has 5 nitrogen and oxygen atoms in total. The number of benzene rings is 1. The van der Waals surface area contributed by atoms with Gasteiger partial charge in [0.1, 0.15) is 0 Å². The van der Waals surface area contributed by atoms with Crippen LogP contribution in [0.3, 0.4) is 0 Å². The van der Waals surface area contributed by atoms with Gasteiger partial charge in [0, 0.05) is 30.6 Å². The number of rotatable bonds is 5. The fourth-order valence-electron chi connectivity index (χ4n) is 1.82. The molecule has 0 aliphatic rings. The summed E-state index contributed by atoms with van der Waals surface area (Å²) in [6.07, 6.45) is 1.13. The van der Waals surface area contributed by atoms with E-state index in [0.29, 0.717) is 29.2 Å². The van der Waals surface area contributed by atoms with Gasteiger partial charge in [-0.25, -0.2) is 4.79 Å². The molecule has 1 N–H and O–H groups in total. The first-order chi connectivity index (χ1) is 9.11. The largest absolute Gasteiger partial charge is 0.419 e. The number of hydrogen-bond acceptors (Lipinski definition) is 3. The van der Waals surface area contributed by atoms with Crippen molar-refractivity contribution in [3.05, 3.63) is 33.8 Å². The second kappa shape index (κ2) is 5.93. The molecule has 1 aromatic heterocycles. The SMILES string of the molecule is CCCNC(=O)CCn1c(=O)oc2cc(Cl)ccc21. The molecule has 0 saturated heterocycles. The molecular formula is C13H15ClN2O3. The van der Waals surface area contributed by atoms with Crippen LogP contribution in [0, 0.1) is 0 Å². The summed E-state index contributed by atoms with van der Waals surface area (Å²) in [5, 5.41) is 3.27. The van der Waals surface area contributed by atoms with E-state index in [1.54, 1.807) is 18.2 Å². The third-order valence-corrected chi connectivity index (χ3v) is 3.00. The van der Waals surface area contributed by atoms with Crippen LogP contribution in [0.5, 0.6) is 0 Å². The van der Waals surface area contributed by atoms with Crippen LogP contribution in [0.15, 0.2) is 27.4 Å². The Kier molecular flexibility index (Phi) is 4.27. The predicted molar refractivity (Wildman–Crippen MR) is 73.4 cm³/mol. The number of fused-ring (bicyclic) bond motifs is 1. The third kappa shape index (κ3) is 3.17. The van der Waals surface area contributed by atoms with E-state index in [1.807, 2.05) is 6.92 Å². The lowest BCUT2D eigenvalue weighted by molar-refractivity contribution is -0.121. The number of hydrogen-bond donors (Lipinski definition) is 1. The summed E-state index contributed by atoms with van der Waals surface area (Å²) < 4.78 is 6.53. The lowest BCUT2D eigenvalue weighted by Gasteiger charge is -2.04. The van der Waals surface area contributed by atoms with Crippen molar-refractivity contribution in [3.8, 4) is 0 Å². The minimum absolute atomic E-state index is 0.0722. The summed E-state index contributed by atoms with van der Waals surface area (Å²) in [5.74, 6) is -0.544. The van der Waals surface area contributed by atoms with Crippen LogP contribution in [0.25, 0.3) is 11.1 Å². The zero-order valence-electron chi connectivity index (χ0n) is 10.6. The van der Waals surface area contributed by atoms with Crippen LogP contribution in [0.4, 0.5) is 0 Å². The topological polar surface area (TPSA) is 64.2 Å². The van der Waals surface area contributed by atoms with Crippen molar-refractivity contribution in [2.45, 2.75) is 26.3 Å². The van der Waals surface area contributed by atoms with Crippen LogP contribution in [0.2, 0.25) is 5.02 Å². The van der Waals surface area contributed by atoms with Gasteiger partial charge in [-0.2, -0.15) is 0 Å². The molecule has 0 bridgehead atoms. The average molecular weight is 283 g/mol. The molecule has 0 radical (unpaired) electrons. The highest BCUT2D eigenvalue weighted by molar-refractivity contribution is 6.31. The number of nitrogens with zero attached hydrogens (tertiary/aromatic N) is 1. The minimum atomic E-state index is -0.472. The van der Waals surface area contributed by atoms with Crippen molar-refractivity contribution in [3.63, 3.8) is 0 Å². The maximum Gasteiger partial charge on any atom is 0.419 e. The van der Waals surface area contributed by atoms with E-state index in [4.69, 9.17) is 16.0 Å². The standard InChI is InChI=1S/C13H15ClN2O3/c1-2-6-15-12(17)5-7-16-10-4-3-9(14)8-11(10)19-13(16)18/h3-4,8H,2,5-7H2,1H3,(H,15,17). The Morgan fingerprint density at radius 3 is 3.00 bits per heavy atom. The number of oxazole rings is 1. The van der Waals surface area contributed by atoms with E-state index >= 15 is 0 Å². The van der Waals surface area contributed by atoms with Crippen molar-refractivity contribution < 1.29 is 9.21 Å². The van der Waals surface area contributed by atoms with Gasteiger partial charge >= 0.3 is 5.76 Å². The molecule has 0 aliphatic heterocycles. The van der Waals surface area contributed by atoms with E-state index in [0.717, 1.165) is 6.42 Å². The van der Waals surface area contributed by atoms with Gasteiger partial charge in [0.15, 0.2) is 5.58 Å². The number of carbonyl (C=O) groups is 1. The molecule has 2 aromatic rings. The first-order valence-electron chi connectivity index (χ1n) is 6.17. The summed E-state index contributed by atoms with van der Waals surface area (Å²) in [4.78, 5) is 23.2. The monoisotopic (exact) mass is 282 g/mol.